The first-order chi connectivity index (χ1) is 13.0. The minimum atomic E-state index is -0.523. The number of nitro groups is 1. The zero-order valence-electron chi connectivity index (χ0n) is 14.3. The molecule has 1 aliphatic rings. The van der Waals surface area contributed by atoms with Crippen molar-refractivity contribution in [3.8, 4) is 0 Å². The first-order valence-electron chi connectivity index (χ1n) is 8.57. The summed E-state index contributed by atoms with van der Waals surface area (Å²) >= 11 is 0. The summed E-state index contributed by atoms with van der Waals surface area (Å²) in [6.07, 6.45) is 2.46. The van der Waals surface area contributed by atoms with Crippen LogP contribution in [0.25, 0.3) is 5.65 Å². The normalized spacial score (nSPS) is 15.2. The smallest absolute Gasteiger partial charge is 0.358 e. The quantitative estimate of drug-likeness (QED) is 0.399. The van der Waals surface area contributed by atoms with Gasteiger partial charge in [0.25, 0.3) is 0 Å². The van der Waals surface area contributed by atoms with E-state index < -0.39 is 4.92 Å². The van der Waals surface area contributed by atoms with Gasteiger partial charge in [0.1, 0.15) is 12.0 Å². The second-order valence-electron chi connectivity index (χ2n) is 6.47. The van der Waals surface area contributed by atoms with Crippen LogP contribution in [0.3, 0.4) is 0 Å². The number of aromatic nitrogens is 3. The number of benzene rings is 1. The molecule has 0 unspecified atom stereocenters. The van der Waals surface area contributed by atoms with Crippen LogP contribution in [0.5, 0.6) is 0 Å². The van der Waals surface area contributed by atoms with Gasteiger partial charge < -0.3 is 15.0 Å². The number of nitrogens with zero attached hydrogens (tertiary/aromatic N) is 5. The first kappa shape index (κ1) is 17.1. The maximum atomic E-state index is 13.0. The van der Waals surface area contributed by atoms with Gasteiger partial charge in [0.2, 0.25) is 5.65 Å². The SMILES string of the molecule is O=C(c1ccc(F)cc1)C1CCN(c2ccc3ncc([N+](=O)[O-])n3n2)CC1. The number of halogens is 1. The van der Waals surface area contributed by atoms with Crippen molar-refractivity contribution in [1.29, 1.82) is 0 Å². The van der Waals surface area contributed by atoms with E-state index in [-0.39, 0.29) is 23.3 Å². The number of fused-ring (bicyclic) bond motifs is 1. The predicted molar refractivity (Wildman–Crippen MR) is 95.3 cm³/mol. The molecule has 0 saturated carbocycles. The van der Waals surface area contributed by atoms with E-state index in [0.717, 1.165) is 0 Å². The van der Waals surface area contributed by atoms with Gasteiger partial charge in [-0.05, 0) is 48.1 Å². The number of ketones is 1. The molecule has 138 valence electrons. The molecule has 1 aliphatic heterocycles. The molecule has 9 heteroatoms. The number of hydrogen-bond donors (Lipinski definition) is 0. The molecular weight excluding hydrogens is 353 g/mol. The molecule has 0 amide bonds. The number of anilines is 1. The van der Waals surface area contributed by atoms with Crippen LogP contribution in [-0.2, 0) is 0 Å². The van der Waals surface area contributed by atoms with Crippen molar-refractivity contribution >= 4 is 23.1 Å². The van der Waals surface area contributed by atoms with Crippen molar-refractivity contribution in [3.05, 3.63) is 64.1 Å². The minimum Gasteiger partial charge on any atom is -0.358 e. The average Bonchev–Trinajstić information content (AvgIpc) is 3.12. The topological polar surface area (TPSA) is 93.6 Å². The molecule has 0 atom stereocenters. The fourth-order valence-corrected chi connectivity index (χ4v) is 3.37. The molecule has 4 rings (SSSR count). The van der Waals surface area contributed by atoms with Crippen LogP contribution in [0.1, 0.15) is 23.2 Å². The monoisotopic (exact) mass is 369 g/mol. The van der Waals surface area contributed by atoms with Gasteiger partial charge in [0.05, 0.1) is 0 Å². The molecule has 0 radical (unpaired) electrons. The number of Topliss-reactive ketones (excluding diaryl/α,β-unsaturated/α-hetero) is 1. The Morgan fingerprint density at radius 1 is 1.15 bits per heavy atom. The zero-order valence-corrected chi connectivity index (χ0v) is 14.3. The highest BCUT2D eigenvalue weighted by atomic mass is 19.1. The van der Waals surface area contributed by atoms with Gasteiger partial charge in [-0.3, -0.25) is 4.79 Å². The highest BCUT2D eigenvalue weighted by Gasteiger charge is 2.27. The van der Waals surface area contributed by atoms with Crippen molar-refractivity contribution in [2.24, 2.45) is 5.92 Å². The molecule has 0 N–H and O–H groups in total. The first-order valence-corrected chi connectivity index (χ1v) is 8.57. The summed E-state index contributed by atoms with van der Waals surface area (Å²) in [5.41, 5.74) is 0.926. The maximum Gasteiger partial charge on any atom is 0.368 e. The largest absolute Gasteiger partial charge is 0.368 e. The van der Waals surface area contributed by atoms with Gasteiger partial charge >= 0.3 is 5.82 Å². The van der Waals surface area contributed by atoms with E-state index in [1.54, 1.807) is 12.1 Å². The Bertz CT molecular complexity index is 1010. The summed E-state index contributed by atoms with van der Waals surface area (Å²) in [5.74, 6) is -0.0535. The number of carbonyl (C=O) groups excluding carboxylic acids is 1. The van der Waals surface area contributed by atoms with Gasteiger partial charge in [-0.25, -0.2) is 9.37 Å². The third-order valence-electron chi connectivity index (χ3n) is 4.84. The molecule has 0 aliphatic carbocycles. The van der Waals surface area contributed by atoms with Crippen LogP contribution >= 0.6 is 0 Å². The Balaban J connectivity index is 1.48. The molecule has 27 heavy (non-hydrogen) atoms. The van der Waals surface area contributed by atoms with Crippen molar-refractivity contribution in [2.45, 2.75) is 12.8 Å². The lowest BCUT2D eigenvalue weighted by atomic mass is 9.89. The van der Waals surface area contributed by atoms with Crippen LogP contribution in [-0.4, -0.2) is 38.4 Å². The van der Waals surface area contributed by atoms with Crippen LogP contribution in [0.2, 0.25) is 0 Å². The average molecular weight is 369 g/mol. The van der Waals surface area contributed by atoms with Crippen molar-refractivity contribution in [3.63, 3.8) is 0 Å². The Morgan fingerprint density at radius 3 is 2.52 bits per heavy atom. The fraction of sp³-hybridized carbons (Fsp3) is 0.278. The van der Waals surface area contributed by atoms with Gasteiger partial charge in [-0.1, -0.05) is 9.61 Å². The Morgan fingerprint density at radius 2 is 1.85 bits per heavy atom. The van der Waals surface area contributed by atoms with Gasteiger partial charge in [0.15, 0.2) is 11.6 Å². The summed E-state index contributed by atoms with van der Waals surface area (Å²) in [6, 6.07) is 9.06. The minimum absolute atomic E-state index is 0.0170. The summed E-state index contributed by atoms with van der Waals surface area (Å²) in [6.45, 7) is 1.22. The molecule has 8 nitrogen and oxygen atoms in total. The van der Waals surface area contributed by atoms with Crippen molar-refractivity contribution in [2.75, 3.05) is 18.0 Å². The van der Waals surface area contributed by atoms with E-state index in [9.17, 15) is 19.3 Å². The Labute approximate surface area is 153 Å². The van der Waals surface area contributed by atoms with E-state index in [2.05, 4.69) is 10.1 Å². The summed E-state index contributed by atoms with van der Waals surface area (Å²) in [5, 5.41) is 15.4. The van der Waals surface area contributed by atoms with Crippen LogP contribution in [0.4, 0.5) is 16.0 Å². The molecule has 1 saturated heterocycles. The molecule has 1 fully saturated rings. The molecule has 0 spiro atoms. The Hall–Kier alpha value is -3.36. The van der Waals surface area contributed by atoms with Crippen molar-refractivity contribution < 1.29 is 14.1 Å². The lowest BCUT2D eigenvalue weighted by Gasteiger charge is -2.31. The molecule has 0 bridgehead atoms. The molecule has 2 aromatic heterocycles. The van der Waals surface area contributed by atoms with Crippen LogP contribution < -0.4 is 4.90 Å². The number of rotatable bonds is 4. The van der Waals surface area contributed by atoms with E-state index in [0.29, 0.717) is 43.0 Å². The standard InChI is InChI=1S/C18H16FN5O3/c19-14-3-1-12(2-4-14)18(25)13-7-9-22(10-8-13)16-6-5-15-20-11-17(24(26)27)23(15)21-16/h1-6,11,13H,7-10H2. The van der Waals surface area contributed by atoms with E-state index in [1.807, 2.05) is 4.90 Å². The van der Waals surface area contributed by atoms with Gasteiger partial charge in [0, 0.05) is 30.6 Å². The summed E-state index contributed by atoms with van der Waals surface area (Å²) in [7, 11) is 0. The second-order valence-corrected chi connectivity index (χ2v) is 6.47. The maximum absolute atomic E-state index is 13.0. The van der Waals surface area contributed by atoms with E-state index >= 15 is 0 Å². The number of piperidine rings is 1. The van der Waals surface area contributed by atoms with Crippen LogP contribution in [0.15, 0.2) is 42.6 Å². The third-order valence-corrected chi connectivity index (χ3v) is 4.84. The van der Waals surface area contributed by atoms with E-state index in [4.69, 9.17) is 0 Å². The number of hydrogen-bond acceptors (Lipinski definition) is 6. The molecule has 1 aromatic carbocycles. The number of imidazole rings is 1. The number of carbonyl (C=O) groups is 1. The highest BCUT2D eigenvalue weighted by Crippen LogP contribution is 2.25. The second kappa shape index (κ2) is 6.75. The Kier molecular flexibility index (Phi) is 4.27. The molecule has 3 aromatic rings. The predicted octanol–water partition coefficient (Wildman–Crippen LogP) is 2.88. The lowest BCUT2D eigenvalue weighted by molar-refractivity contribution is -0.391. The summed E-state index contributed by atoms with van der Waals surface area (Å²) in [4.78, 5) is 29.1. The lowest BCUT2D eigenvalue weighted by Crippen LogP contribution is -2.37. The van der Waals surface area contributed by atoms with E-state index in [1.165, 1.54) is 35.0 Å². The van der Waals surface area contributed by atoms with Crippen molar-refractivity contribution in [1.82, 2.24) is 14.6 Å². The molecule has 3 heterocycles. The van der Waals surface area contributed by atoms with Gasteiger partial charge in [-0.15, -0.1) is 0 Å². The summed E-state index contributed by atoms with van der Waals surface area (Å²) < 4.78 is 14.2. The third kappa shape index (κ3) is 3.23. The van der Waals surface area contributed by atoms with Gasteiger partial charge in [-0.2, -0.15) is 0 Å². The zero-order chi connectivity index (χ0) is 19.0. The van der Waals surface area contributed by atoms with Crippen LogP contribution in [0, 0.1) is 21.8 Å². The fourth-order valence-electron chi connectivity index (χ4n) is 3.37. The molecular formula is C18H16FN5O3. The highest BCUT2D eigenvalue weighted by molar-refractivity contribution is 5.97.